The first-order chi connectivity index (χ1) is 19.3. The Morgan fingerprint density at radius 3 is 2.45 bits per heavy atom. The molecule has 40 heavy (non-hydrogen) atoms. The molecule has 2 heteroatoms. The standard InChI is InChI=1S/C38H50N2/c1-8-14-31(9-2)18-19-37-38(34-16-11-10-15-33(34)36-17-12-13-20-39(36)37)30(7)40-25-28(5)35(24-29(40)6)32-22-26(3)21-27(4)23-32/h8,10-17,20,24-27,31-32,37-38H,7,9,18-19,21-23H2,1-6H3/q+2/b14-8-. The van der Waals surface area contributed by atoms with Gasteiger partial charge in [-0.3, -0.25) is 0 Å². The Bertz CT molecular complexity index is 1370. The Hall–Kier alpha value is -3.00. The van der Waals surface area contributed by atoms with E-state index in [4.69, 9.17) is 6.58 Å². The first-order valence-corrected chi connectivity index (χ1v) is 15.8. The maximum Gasteiger partial charge on any atom is 0.213 e. The van der Waals surface area contributed by atoms with Crippen LogP contribution < -0.4 is 9.13 Å². The van der Waals surface area contributed by atoms with Crippen LogP contribution in [-0.4, -0.2) is 0 Å². The molecule has 0 bridgehead atoms. The van der Waals surface area contributed by atoms with E-state index in [1.165, 1.54) is 65.9 Å². The lowest BCUT2D eigenvalue weighted by molar-refractivity contribution is -0.721. The van der Waals surface area contributed by atoms with Crippen molar-refractivity contribution in [1.29, 1.82) is 0 Å². The Labute approximate surface area is 243 Å². The number of hydrogen-bond donors (Lipinski definition) is 0. The van der Waals surface area contributed by atoms with Gasteiger partial charge in [0.05, 0.1) is 5.56 Å². The Balaban J connectivity index is 1.56. The van der Waals surface area contributed by atoms with Gasteiger partial charge in [0.1, 0.15) is 5.92 Å². The van der Waals surface area contributed by atoms with E-state index in [9.17, 15) is 0 Å². The van der Waals surface area contributed by atoms with Crippen LogP contribution in [0.2, 0.25) is 0 Å². The molecule has 1 fully saturated rings. The number of benzene rings is 1. The molecule has 2 nitrogen and oxygen atoms in total. The molecule has 0 amide bonds. The summed E-state index contributed by atoms with van der Waals surface area (Å²) in [6, 6.07) is 18.5. The van der Waals surface area contributed by atoms with Crippen molar-refractivity contribution >= 4 is 5.70 Å². The zero-order valence-electron chi connectivity index (χ0n) is 25.7. The van der Waals surface area contributed by atoms with E-state index in [-0.39, 0.29) is 5.92 Å². The number of allylic oxidation sites excluding steroid dienone is 3. The van der Waals surface area contributed by atoms with Gasteiger partial charge >= 0.3 is 0 Å². The van der Waals surface area contributed by atoms with Crippen molar-refractivity contribution < 1.29 is 9.13 Å². The van der Waals surface area contributed by atoms with Crippen LogP contribution in [0.1, 0.15) is 106 Å². The van der Waals surface area contributed by atoms with Gasteiger partial charge in [-0.15, -0.1) is 0 Å². The lowest BCUT2D eigenvalue weighted by Crippen LogP contribution is -2.51. The fourth-order valence-corrected chi connectivity index (χ4v) is 8.02. The maximum absolute atomic E-state index is 4.86. The van der Waals surface area contributed by atoms with Crippen molar-refractivity contribution in [3.05, 3.63) is 102 Å². The Morgan fingerprint density at radius 1 is 1.00 bits per heavy atom. The zero-order chi connectivity index (χ0) is 28.4. The number of fused-ring (bicyclic) bond motifs is 3. The van der Waals surface area contributed by atoms with Crippen molar-refractivity contribution in [3.63, 3.8) is 0 Å². The molecule has 2 aromatic heterocycles. The highest BCUT2D eigenvalue weighted by molar-refractivity contribution is 5.67. The largest absolute Gasteiger partial charge is 0.213 e. The third-order valence-electron chi connectivity index (χ3n) is 9.84. The molecule has 1 aliphatic carbocycles. The summed E-state index contributed by atoms with van der Waals surface area (Å²) < 4.78 is 4.96. The first-order valence-electron chi connectivity index (χ1n) is 15.8. The van der Waals surface area contributed by atoms with Gasteiger partial charge in [0.25, 0.3) is 0 Å². The molecule has 0 N–H and O–H groups in total. The second kappa shape index (κ2) is 12.2. The minimum atomic E-state index is 0.211. The summed E-state index contributed by atoms with van der Waals surface area (Å²) in [5.74, 6) is 3.11. The summed E-state index contributed by atoms with van der Waals surface area (Å²) in [4.78, 5) is 0. The summed E-state index contributed by atoms with van der Waals surface area (Å²) in [5.41, 5.74) is 9.52. The van der Waals surface area contributed by atoms with Gasteiger partial charge < -0.3 is 0 Å². The number of hydrogen-bond acceptors (Lipinski definition) is 0. The molecule has 5 unspecified atom stereocenters. The van der Waals surface area contributed by atoms with E-state index in [1.807, 2.05) is 0 Å². The summed E-state index contributed by atoms with van der Waals surface area (Å²) in [7, 11) is 0. The Kier molecular flexibility index (Phi) is 8.74. The molecule has 3 heterocycles. The highest BCUT2D eigenvalue weighted by Crippen LogP contribution is 2.45. The van der Waals surface area contributed by atoms with Crippen LogP contribution >= 0.6 is 0 Å². The normalized spacial score (nSPS) is 24.9. The van der Waals surface area contributed by atoms with E-state index in [0.29, 0.717) is 17.9 Å². The monoisotopic (exact) mass is 534 g/mol. The Morgan fingerprint density at radius 2 is 1.73 bits per heavy atom. The zero-order valence-corrected chi connectivity index (χ0v) is 25.7. The predicted octanol–water partition coefficient (Wildman–Crippen LogP) is 9.28. The van der Waals surface area contributed by atoms with Crippen molar-refractivity contribution in [2.45, 2.75) is 97.9 Å². The number of nitrogens with zero attached hydrogens (tertiary/aromatic N) is 2. The SMILES string of the molecule is C=C(C1c2ccccc2-c2cccc[n+]2C1CCC(/C=C\C)CC)[n+]1cc(C)c(C2CC(C)CC(C)C2)cc1C. The average Bonchev–Trinajstić information content (AvgIpc) is 2.95. The molecule has 1 saturated carbocycles. The van der Waals surface area contributed by atoms with Crippen LogP contribution in [0.5, 0.6) is 0 Å². The number of pyridine rings is 2. The van der Waals surface area contributed by atoms with E-state index in [0.717, 1.165) is 18.3 Å². The molecule has 5 rings (SSSR count). The summed E-state index contributed by atoms with van der Waals surface area (Å²) in [6.07, 6.45) is 16.8. The molecule has 0 spiro atoms. The van der Waals surface area contributed by atoms with Crippen molar-refractivity contribution in [3.8, 4) is 11.3 Å². The smallest absolute Gasteiger partial charge is 0.194 e. The van der Waals surface area contributed by atoms with Crippen LogP contribution in [0.15, 0.2) is 79.7 Å². The van der Waals surface area contributed by atoms with Crippen LogP contribution in [0.25, 0.3) is 17.0 Å². The second-order valence-corrected chi connectivity index (χ2v) is 12.9. The molecule has 210 valence electrons. The van der Waals surface area contributed by atoms with Gasteiger partial charge in [-0.2, -0.15) is 9.13 Å². The van der Waals surface area contributed by atoms with Gasteiger partial charge in [-0.25, -0.2) is 0 Å². The van der Waals surface area contributed by atoms with Gasteiger partial charge in [0.15, 0.2) is 29.8 Å². The van der Waals surface area contributed by atoms with E-state index in [1.54, 1.807) is 5.56 Å². The van der Waals surface area contributed by atoms with E-state index >= 15 is 0 Å². The van der Waals surface area contributed by atoms with Crippen LogP contribution in [0, 0.1) is 31.6 Å². The lowest BCUT2D eigenvalue weighted by atomic mass is 9.73. The topological polar surface area (TPSA) is 7.76 Å². The molecule has 0 radical (unpaired) electrons. The quantitative estimate of drug-likeness (QED) is 0.201. The minimum absolute atomic E-state index is 0.211. The second-order valence-electron chi connectivity index (χ2n) is 12.9. The third-order valence-corrected chi connectivity index (χ3v) is 9.84. The van der Waals surface area contributed by atoms with Gasteiger partial charge in [0.2, 0.25) is 5.69 Å². The van der Waals surface area contributed by atoms with Crippen molar-refractivity contribution in [2.24, 2.45) is 17.8 Å². The van der Waals surface area contributed by atoms with Crippen LogP contribution in [0.4, 0.5) is 0 Å². The van der Waals surface area contributed by atoms with Gasteiger partial charge in [-0.05, 0) is 99.5 Å². The van der Waals surface area contributed by atoms with E-state index in [2.05, 4.69) is 124 Å². The molecule has 1 aliphatic heterocycles. The highest BCUT2D eigenvalue weighted by Gasteiger charge is 2.45. The average molecular weight is 535 g/mol. The van der Waals surface area contributed by atoms with Crippen LogP contribution in [0.3, 0.4) is 0 Å². The van der Waals surface area contributed by atoms with E-state index < -0.39 is 0 Å². The molecule has 5 atom stereocenters. The third kappa shape index (κ3) is 5.60. The predicted molar refractivity (Wildman–Crippen MR) is 168 cm³/mol. The molecule has 3 aromatic rings. The number of rotatable bonds is 8. The summed E-state index contributed by atoms with van der Waals surface area (Å²) >= 11 is 0. The molecule has 0 saturated heterocycles. The van der Waals surface area contributed by atoms with Gasteiger partial charge in [-0.1, -0.05) is 51.1 Å². The number of aromatic nitrogens is 2. The first kappa shape index (κ1) is 28.5. The summed E-state index contributed by atoms with van der Waals surface area (Å²) in [5, 5.41) is 0. The molecule has 2 aliphatic rings. The fourth-order valence-electron chi connectivity index (χ4n) is 8.02. The fraction of sp³-hybridized carbons (Fsp3) is 0.474. The van der Waals surface area contributed by atoms with Crippen molar-refractivity contribution in [1.82, 2.24) is 0 Å². The lowest BCUT2D eigenvalue weighted by Gasteiger charge is -2.33. The highest BCUT2D eigenvalue weighted by atomic mass is 15.1. The minimum Gasteiger partial charge on any atom is -0.194 e. The van der Waals surface area contributed by atoms with Crippen LogP contribution in [-0.2, 0) is 0 Å². The number of aryl methyl sites for hydroxylation is 2. The van der Waals surface area contributed by atoms with Gasteiger partial charge in [0, 0.05) is 37.1 Å². The van der Waals surface area contributed by atoms with Crippen molar-refractivity contribution in [2.75, 3.05) is 0 Å². The maximum atomic E-state index is 4.86. The molecule has 1 aromatic carbocycles. The molecular weight excluding hydrogens is 484 g/mol. The summed E-state index contributed by atoms with van der Waals surface area (Å²) in [6.45, 7) is 18.8. The molecular formula is C38H50N2+2.